The maximum atomic E-state index is 12.7. The molecule has 0 saturated heterocycles. The van der Waals surface area contributed by atoms with Crippen molar-refractivity contribution in [3.05, 3.63) is 55.5 Å². The molecule has 2 rings (SSSR count). The number of rotatable bonds is 14. The average Bonchev–Trinajstić information content (AvgIpc) is 3.28. The summed E-state index contributed by atoms with van der Waals surface area (Å²) >= 11 is 0. The SMILES string of the molecule is C=CCC(=O)Nc1cc(NC(=O)OC)ccc1-c1cn(COCC[Si](C)(C)C)c([C@H](CC=C)NC(=O)OC(C)(C)C)n1. The second-order valence-electron chi connectivity index (χ2n) is 11.9. The van der Waals surface area contributed by atoms with Gasteiger partial charge in [-0.1, -0.05) is 31.8 Å². The van der Waals surface area contributed by atoms with Gasteiger partial charge in [0.2, 0.25) is 5.91 Å². The van der Waals surface area contributed by atoms with Crippen LogP contribution in [0.15, 0.2) is 49.7 Å². The van der Waals surface area contributed by atoms with Crippen LogP contribution in [-0.2, 0) is 25.7 Å². The summed E-state index contributed by atoms with van der Waals surface area (Å²) in [6.45, 7) is 20.5. The lowest BCUT2D eigenvalue weighted by Crippen LogP contribution is -2.36. The van der Waals surface area contributed by atoms with Gasteiger partial charge < -0.3 is 29.4 Å². The van der Waals surface area contributed by atoms with Crippen LogP contribution in [0.1, 0.15) is 45.5 Å². The lowest BCUT2D eigenvalue weighted by Gasteiger charge is -2.23. The highest BCUT2D eigenvalue weighted by molar-refractivity contribution is 6.76. The minimum absolute atomic E-state index is 0.0972. The number of carbonyl (C=O) groups excluding carboxylic acids is 3. The number of methoxy groups -OCH3 is 1. The van der Waals surface area contributed by atoms with Crippen LogP contribution in [0.3, 0.4) is 0 Å². The van der Waals surface area contributed by atoms with Crippen molar-refractivity contribution in [3.63, 3.8) is 0 Å². The maximum absolute atomic E-state index is 12.7. The second-order valence-corrected chi connectivity index (χ2v) is 17.6. The van der Waals surface area contributed by atoms with Gasteiger partial charge in [-0.25, -0.2) is 14.6 Å². The molecule has 230 valence electrons. The van der Waals surface area contributed by atoms with Crippen molar-refractivity contribution in [1.82, 2.24) is 14.9 Å². The number of ether oxygens (including phenoxy) is 3. The van der Waals surface area contributed by atoms with Crippen LogP contribution in [0.4, 0.5) is 21.0 Å². The predicted molar refractivity (Wildman–Crippen MR) is 168 cm³/mol. The largest absolute Gasteiger partial charge is 0.453 e. The molecule has 0 bridgehead atoms. The van der Waals surface area contributed by atoms with Crippen molar-refractivity contribution in [2.24, 2.45) is 0 Å². The first kappa shape index (κ1) is 34.3. The van der Waals surface area contributed by atoms with E-state index in [2.05, 4.69) is 48.7 Å². The van der Waals surface area contributed by atoms with Gasteiger partial charge >= 0.3 is 12.2 Å². The lowest BCUT2D eigenvalue weighted by atomic mass is 10.1. The third kappa shape index (κ3) is 11.5. The third-order valence-corrected chi connectivity index (χ3v) is 7.47. The molecule has 1 heterocycles. The summed E-state index contributed by atoms with van der Waals surface area (Å²) in [5.41, 5.74) is 1.29. The Kier molecular flexibility index (Phi) is 12.5. The first-order valence-corrected chi connectivity index (χ1v) is 17.5. The van der Waals surface area contributed by atoms with Gasteiger partial charge in [0, 0.05) is 38.5 Å². The molecule has 3 N–H and O–H groups in total. The van der Waals surface area contributed by atoms with Gasteiger partial charge in [-0.3, -0.25) is 10.1 Å². The standard InChI is InChI=1S/C30H45N5O6Si/c1-10-12-23(34-29(38)41-30(3,4)5)27-33-25(19-35(27)20-40-16-17-42(7,8)9)22-15-14-21(31-28(37)39-6)18-24(22)32-26(36)13-11-2/h10-11,14-15,18-19,23H,1-2,12-13,16-17,20H2,3-9H3,(H,31,37)(H,32,36)(H,34,38)/t23-/m0/s1. The van der Waals surface area contributed by atoms with E-state index in [-0.39, 0.29) is 19.1 Å². The molecule has 0 spiro atoms. The fourth-order valence-electron chi connectivity index (χ4n) is 3.78. The fraction of sp³-hybridized carbons (Fsp3) is 0.467. The molecular formula is C30H45N5O6Si. The Morgan fingerprint density at radius 3 is 2.40 bits per heavy atom. The number of nitrogens with zero attached hydrogens (tertiary/aromatic N) is 2. The van der Waals surface area contributed by atoms with Crippen molar-refractivity contribution < 1.29 is 28.6 Å². The van der Waals surface area contributed by atoms with Crippen molar-refractivity contribution >= 4 is 37.5 Å². The Hall–Kier alpha value is -3.90. The van der Waals surface area contributed by atoms with E-state index in [1.54, 1.807) is 45.0 Å². The van der Waals surface area contributed by atoms with Gasteiger partial charge in [0.05, 0.1) is 24.5 Å². The van der Waals surface area contributed by atoms with Crippen LogP contribution in [0.25, 0.3) is 11.3 Å². The summed E-state index contributed by atoms with van der Waals surface area (Å²) in [6, 6.07) is 5.46. The van der Waals surface area contributed by atoms with Gasteiger partial charge in [0.15, 0.2) is 0 Å². The number of alkyl carbamates (subject to hydrolysis) is 1. The quantitative estimate of drug-likeness (QED) is 0.125. The topological polar surface area (TPSA) is 133 Å². The van der Waals surface area contributed by atoms with Crippen LogP contribution in [0.5, 0.6) is 0 Å². The zero-order valence-corrected chi connectivity index (χ0v) is 26.8. The molecule has 3 amide bonds. The first-order chi connectivity index (χ1) is 19.7. The van der Waals surface area contributed by atoms with Crippen LogP contribution in [0, 0.1) is 0 Å². The second kappa shape index (κ2) is 15.4. The molecule has 12 heteroatoms. The summed E-state index contributed by atoms with van der Waals surface area (Å²) in [5.74, 6) is 0.246. The molecule has 0 radical (unpaired) electrons. The molecule has 0 unspecified atom stereocenters. The van der Waals surface area contributed by atoms with Crippen LogP contribution in [-0.4, -0.2) is 55.0 Å². The first-order valence-electron chi connectivity index (χ1n) is 13.8. The highest BCUT2D eigenvalue weighted by Gasteiger charge is 2.25. The van der Waals surface area contributed by atoms with E-state index in [0.717, 1.165) is 6.04 Å². The number of anilines is 2. The number of hydrogen-bond donors (Lipinski definition) is 3. The van der Waals surface area contributed by atoms with E-state index in [1.807, 2.05) is 10.8 Å². The molecule has 2 aromatic rings. The van der Waals surface area contributed by atoms with Gasteiger partial charge in [0.25, 0.3) is 0 Å². The number of amides is 3. The highest BCUT2D eigenvalue weighted by Crippen LogP contribution is 2.32. The van der Waals surface area contributed by atoms with E-state index in [1.165, 1.54) is 13.2 Å². The summed E-state index contributed by atoms with van der Waals surface area (Å²) in [4.78, 5) is 42.0. The number of carbonyl (C=O) groups is 3. The molecule has 0 aliphatic heterocycles. The Bertz CT molecular complexity index is 1260. The number of benzene rings is 1. The number of imidazole rings is 1. The van der Waals surface area contributed by atoms with Crippen molar-refractivity contribution in [3.8, 4) is 11.3 Å². The van der Waals surface area contributed by atoms with E-state index in [0.29, 0.717) is 41.5 Å². The van der Waals surface area contributed by atoms with Gasteiger partial charge in [0.1, 0.15) is 18.2 Å². The molecule has 11 nitrogen and oxygen atoms in total. The minimum atomic E-state index is -1.31. The molecule has 0 aliphatic rings. The van der Waals surface area contributed by atoms with E-state index < -0.39 is 31.9 Å². The monoisotopic (exact) mass is 599 g/mol. The molecule has 0 aliphatic carbocycles. The van der Waals surface area contributed by atoms with E-state index in [9.17, 15) is 14.4 Å². The Morgan fingerprint density at radius 2 is 1.81 bits per heavy atom. The average molecular weight is 600 g/mol. The van der Waals surface area contributed by atoms with Crippen molar-refractivity contribution in [2.45, 2.75) is 77.7 Å². The molecule has 1 atom stereocenters. The molecule has 0 fully saturated rings. The summed E-state index contributed by atoms with van der Waals surface area (Å²) in [6.07, 6.45) is 4.26. The van der Waals surface area contributed by atoms with Gasteiger partial charge in [-0.15, -0.1) is 13.2 Å². The zero-order valence-electron chi connectivity index (χ0n) is 25.8. The normalized spacial score (nSPS) is 12.2. The van der Waals surface area contributed by atoms with Crippen LogP contribution >= 0.6 is 0 Å². The Labute approximate surface area is 249 Å². The lowest BCUT2D eigenvalue weighted by molar-refractivity contribution is -0.115. The molecule has 42 heavy (non-hydrogen) atoms. The van der Waals surface area contributed by atoms with Crippen molar-refractivity contribution in [1.29, 1.82) is 0 Å². The maximum Gasteiger partial charge on any atom is 0.411 e. The van der Waals surface area contributed by atoms with Gasteiger partial charge in [-0.05, 0) is 51.4 Å². The van der Waals surface area contributed by atoms with Crippen molar-refractivity contribution in [2.75, 3.05) is 24.4 Å². The zero-order chi connectivity index (χ0) is 31.5. The molecule has 0 saturated carbocycles. The van der Waals surface area contributed by atoms with Crippen LogP contribution in [0.2, 0.25) is 25.7 Å². The minimum Gasteiger partial charge on any atom is -0.453 e. The third-order valence-electron chi connectivity index (χ3n) is 5.77. The smallest absolute Gasteiger partial charge is 0.411 e. The van der Waals surface area contributed by atoms with E-state index >= 15 is 0 Å². The Morgan fingerprint density at radius 1 is 1.10 bits per heavy atom. The number of hydrogen-bond acceptors (Lipinski definition) is 7. The van der Waals surface area contributed by atoms with Gasteiger partial charge in [-0.2, -0.15) is 0 Å². The number of nitrogens with one attached hydrogen (secondary N) is 3. The fourth-order valence-corrected chi connectivity index (χ4v) is 4.53. The molecule has 1 aromatic carbocycles. The van der Waals surface area contributed by atoms with Crippen LogP contribution < -0.4 is 16.0 Å². The summed E-state index contributed by atoms with van der Waals surface area (Å²) < 4.78 is 18.1. The summed E-state index contributed by atoms with van der Waals surface area (Å²) in [5, 5.41) is 8.38. The Balaban J connectivity index is 2.56. The molecule has 1 aromatic heterocycles. The summed E-state index contributed by atoms with van der Waals surface area (Å²) in [7, 11) is -0.0433. The number of aromatic nitrogens is 2. The molecular weight excluding hydrogens is 554 g/mol. The highest BCUT2D eigenvalue weighted by atomic mass is 28.3. The van der Waals surface area contributed by atoms with E-state index in [4.69, 9.17) is 19.2 Å². The predicted octanol–water partition coefficient (Wildman–Crippen LogP) is 6.70.